The Morgan fingerprint density at radius 3 is 2.48 bits per heavy atom. The molecule has 4 atom stereocenters. The number of rotatable bonds is 8. The highest BCUT2D eigenvalue weighted by Crippen LogP contribution is 2.34. The van der Waals surface area contributed by atoms with Gasteiger partial charge in [-0.15, -0.1) is 0 Å². The van der Waals surface area contributed by atoms with E-state index in [-0.39, 0.29) is 17.9 Å². The van der Waals surface area contributed by atoms with Gasteiger partial charge in [0.1, 0.15) is 17.2 Å². The second kappa shape index (κ2) is 10.2. The number of nitrogens with zero attached hydrogens (tertiary/aromatic N) is 1. The summed E-state index contributed by atoms with van der Waals surface area (Å²) in [7, 11) is -1.57. The van der Waals surface area contributed by atoms with Crippen LogP contribution in [0.3, 0.4) is 0 Å². The van der Waals surface area contributed by atoms with Crippen molar-refractivity contribution in [1.82, 2.24) is 10.2 Å². The van der Waals surface area contributed by atoms with Gasteiger partial charge in [0.25, 0.3) is 5.91 Å². The van der Waals surface area contributed by atoms with Gasteiger partial charge in [-0.2, -0.15) is 0 Å². The van der Waals surface area contributed by atoms with Gasteiger partial charge < -0.3 is 24.4 Å². The van der Waals surface area contributed by atoms with Crippen LogP contribution in [0.1, 0.15) is 32.3 Å². The van der Waals surface area contributed by atoms with Crippen LogP contribution in [-0.2, 0) is 39.5 Å². The molecule has 0 spiro atoms. The van der Waals surface area contributed by atoms with Crippen molar-refractivity contribution >= 4 is 34.6 Å². The number of hydrogen-bond acceptors (Lipinski definition) is 8. The number of β-lactam (4-membered cyclic amide) rings is 1. The predicted octanol–water partition coefficient (Wildman–Crippen LogP) is 0.593. The number of carbonyl (C=O) groups is 4. The first kappa shape index (κ1) is 24.4. The Labute approximate surface area is 193 Å². The molecule has 2 saturated heterocycles. The van der Waals surface area contributed by atoms with E-state index in [1.165, 1.54) is 0 Å². The molecule has 1 aromatic carbocycles. The van der Waals surface area contributed by atoms with Crippen molar-refractivity contribution in [2.24, 2.45) is 0 Å². The van der Waals surface area contributed by atoms with E-state index in [9.17, 15) is 23.4 Å². The van der Waals surface area contributed by atoms with E-state index in [4.69, 9.17) is 9.47 Å². The number of carbonyl (C=O) groups excluding carboxylic acids is 4. The fraction of sp³-hybridized carbons (Fsp3) is 0.455. The number of esters is 2. The maximum Gasteiger partial charge on any atom is 0.336 e. The zero-order valence-electron chi connectivity index (χ0n) is 18.6. The van der Waals surface area contributed by atoms with Crippen molar-refractivity contribution in [3.8, 4) is 5.75 Å². The number of benzene rings is 1. The van der Waals surface area contributed by atoms with Crippen molar-refractivity contribution in [2.45, 2.75) is 44.1 Å². The summed E-state index contributed by atoms with van der Waals surface area (Å²) in [5, 5.41) is 1.63. The fourth-order valence-corrected chi connectivity index (χ4v) is 5.22. The Balaban J connectivity index is 1.58. The van der Waals surface area contributed by atoms with Crippen LogP contribution in [0.4, 0.5) is 0 Å². The van der Waals surface area contributed by atoms with Gasteiger partial charge in [-0.05, 0) is 29.2 Å². The Morgan fingerprint density at radius 1 is 1.21 bits per heavy atom. The highest BCUT2D eigenvalue weighted by molar-refractivity contribution is 7.86. The van der Waals surface area contributed by atoms with Gasteiger partial charge >= 0.3 is 11.9 Å². The summed E-state index contributed by atoms with van der Waals surface area (Å²) < 4.78 is 27.5. The smallest absolute Gasteiger partial charge is 0.336 e. The molecule has 0 saturated carbocycles. The van der Waals surface area contributed by atoms with Crippen LogP contribution in [0.25, 0.3) is 0 Å². The van der Waals surface area contributed by atoms with Gasteiger partial charge in [0.2, 0.25) is 12.7 Å². The van der Waals surface area contributed by atoms with Crippen molar-refractivity contribution in [2.75, 3.05) is 19.2 Å². The van der Waals surface area contributed by atoms with Gasteiger partial charge in [-0.1, -0.05) is 32.6 Å². The largest absolute Gasteiger partial charge is 0.484 e. The minimum Gasteiger partial charge on any atom is -0.484 e. The number of nitrogens with one attached hydrogen (secondary N) is 1. The number of ether oxygens (including phenoxy) is 3. The highest BCUT2D eigenvalue weighted by Gasteiger charge is 2.59. The molecular weight excluding hydrogens is 452 g/mol. The van der Waals surface area contributed by atoms with Crippen LogP contribution in [0.5, 0.6) is 5.75 Å². The minimum absolute atomic E-state index is 0.0349. The quantitative estimate of drug-likeness (QED) is 0.249. The summed E-state index contributed by atoms with van der Waals surface area (Å²) in [4.78, 5) is 49.4. The highest BCUT2D eigenvalue weighted by atomic mass is 32.2. The first-order valence-corrected chi connectivity index (χ1v) is 11.7. The lowest BCUT2D eigenvalue weighted by atomic mass is 9.98. The second-order valence-electron chi connectivity index (χ2n) is 8.00. The molecule has 2 heterocycles. The summed E-state index contributed by atoms with van der Waals surface area (Å²) in [6.45, 7) is 8.08. The number of fused-ring (bicyclic) bond motifs is 1. The molecule has 33 heavy (non-hydrogen) atoms. The van der Waals surface area contributed by atoms with Crippen molar-refractivity contribution in [3.05, 3.63) is 42.0 Å². The summed E-state index contributed by atoms with van der Waals surface area (Å²) in [5.74, 6) is -1.80. The topological polar surface area (TPSA) is 128 Å². The third-order valence-corrected chi connectivity index (χ3v) is 6.95. The molecule has 11 heteroatoms. The van der Waals surface area contributed by atoms with Crippen molar-refractivity contribution in [1.29, 1.82) is 0 Å². The van der Waals surface area contributed by atoms with Crippen LogP contribution < -0.4 is 10.1 Å². The van der Waals surface area contributed by atoms with Gasteiger partial charge in [0.15, 0.2) is 12.6 Å². The lowest BCUT2D eigenvalue weighted by Gasteiger charge is -2.52. The van der Waals surface area contributed by atoms with Crippen LogP contribution in [-0.4, -0.2) is 69.5 Å². The normalized spacial score (nSPS) is 23.9. The van der Waals surface area contributed by atoms with Crippen LogP contribution in [0.2, 0.25) is 0 Å². The van der Waals surface area contributed by atoms with Crippen molar-refractivity contribution in [3.63, 3.8) is 0 Å². The fourth-order valence-electron chi connectivity index (χ4n) is 3.56. The molecule has 0 bridgehead atoms. The van der Waals surface area contributed by atoms with Gasteiger partial charge in [-0.3, -0.25) is 18.6 Å². The van der Waals surface area contributed by atoms with Gasteiger partial charge in [-0.25, -0.2) is 4.79 Å². The maximum atomic E-state index is 12.7. The standard InChI is InChI=1S/C22H26N2O8S/c1-12(2)15-5-7-16(8-6-15)30-9-17(26)23-18-20(27)24-19(13(3)10-33(29)21(18)24)22(28)32-11-31-14(4)25/h5-8,12,18-19,21H,3,9-11H2,1-2,4H3,(H,23,26)/t18?,19?,21-,33?/m1/s1. The molecule has 3 unspecified atom stereocenters. The van der Waals surface area contributed by atoms with E-state index < -0.39 is 58.8 Å². The molecule has 2 aliphatic rings. The molecule has 0 radical (unpaired) electrons. The van der Waals surface area contributed by atoms with Gasteiger partial charge in [0.05, 0.1) is 10.8 Å². The van der Waals surface area contributed by atoms with E-state index in [1.54, 1.807) is 12.1 Å². The SMILES string of the molecule is C=C1CS(=O)[C@@H]2C(NC(=O)COc3ccc(C(C)C)cc3)C(=O)N2C1C(=O)OCOC(C)=O. The average molecular weight is 479 g/mol. The summed E-state index contributed by atoms with van der Waals surface area (Å²) in [6.07, 6.45) is 0. The molecule has 10 nitrogen and oxygen atoms in total. The average Bonchev–Trinajstić information content (AvgIpc) is 2.75. The molecule has 2 fully saturated rings. The van der Waals surface area contributed by atoms with E-state index in [0.29, 0.717) is 11.7 Å². The molecular formula is C22H26N2O8S. The Kier molecular flexibility index (Phi) is 7.52. The second-order valence-corrected chi connectivity index (χ2v) is 9.53. The Morgan fingerprint density at radius 2 is 1.88 bits per heavy atom. The molecule has 0 aliphatic carbocycles. The molecule has 1 N–H and O–H groups in total. The molecule has 178 valence electrons. The first-order chi connectivity index (χ1) is 15.6. The lowest BCUT2D eigenvalue weighted by Crippen LogP contribution is -2.77. The monoisotopic (exact) mass is 478 g/mol. The molecule has 0 aromatic heterocycles. The lowest BCUT2D eigenvalue weighted by molar-refractivity contribution is -0.174. The van der Waals surface area contributed by atoms with Crippen LogP contribution in [0.15, 0.2) is 36.4 Å². The summed E-state index contributed by atoms with van der Waals surface area (Å²) in [6, 6.07) is 5.11. The van der Waals surface area contributed by atoms with E-state index in [1.807, 2.05) is 12.1 Å². The van der Waals surface area contributed by atoms with Crippen LogP contribution in [0, 0.1) is 0 Å². The van der Waals surface area contributed by atoms with E-state index in [0.717, 1.165) is 17.4 Å². The summed E-state index contributed by atoms with van der Waals surface area (Å²) in [5.41, 5.74) is 1.37. The van der Waals surface area contributed by atoms with Crippen LogP contribution >= 0.6 is 0 Å². The van der Waals surface area contributed by atoms with E-state index in [2.05, 4.69) is 30.5 Å². The molecule has 1 aromatic rings. The number of amides is 2. The third-order valence-electron chi connectivity index (χ3n) is 5.26. The minimum atomic E-state index is -1.57. The zero-order valence-corrected chi connectivity index (χ0v) is 19.4. The first-order valence-electron chi connectivity index (χ1n) is 10.3. The Hall–Kier alpha value is -3.21. The maximum absolute atomic E-state index is 12.7. The van der Waals surface area contributed by atoms with Gasteiger partial charge in [0, 0.05) is 12.7 Å². The Bertz CT molecular complexity index is 991. The molecule has 3 rings (SSSR count). The van der Waals surface area contributed by atoms with E-state index >= 15 is 0 Å². The third kappa shape index (κ3) is 5.41. The molecule has 2 amide bonds. The van der Waals surface area contributed by atoms with Crippen molar-refractivity contribution < 1.29 is 37.6 Å². The zero-order chi connectivity index (χ0) is 24.3. The predicted molar refractivity (Wildman–Crippen MR) is 117 cm³/mol. The molecule has 2 aliphatic heterocycles. The number of hydrogen-bond donors (Lipinski definition) is 1. The summed E-state index contributed by atoms with van der Waals surface area (Å²) >= 11 is 0.